The number of aromatic nitrogens is 2. The molecule has 0 aliphatic rings. The van der Waals surface area contributed by atoms with E-state index in [4.69, 9.17) is 0 Å². The lowest BCUT2D eigenvalue weighted by Gasteiger charge is -2.22. The van der Waals surface area contributed by atoms with E-state index in [0.717, 1.165) is 18.5 Å². The molecule has 1 rings (SSSR count). The van der Waals surface area contributed by atoms with Crippen LogP contribution in [-0.2, 0) is 6.42 Å². The van der Waals surface area contributed by atoms with Crippen molar-refractivity contribution in [3.63, 3.8) is 0 Å². The summed E-state index contributed by atoms with van der Waals surface area (Å²) >= 11 is 0. The third kappa shape index (κ3) is 4.86. The summed E-state index contributed by atoms with van der Waals surface area (Å²) < 4.78 is 36.9. The molecular weight excluding hydrogens is 269 g/mol. The summed E-state index contributed by atoms with van der Waals surface area (Å²) in [6.07, 6.45) is -2.01. The molecule has 1 N–H and O–H groups in total. The van der Waals surface area contributed by atoms with E-state index in [1.54, 1.807) is 7.05 Å². The lowest BCUT2D eigenvalue weighted by atomic mass is 10.2. The van der Waals surface area contributed by atoms with E-state index in [1.165, 1.54) is 11.2 Å². The van der Waals surface area contributed by atoms with Crippen molar-refractivity contribution in [1.29, 1.82) is 0 Å². The van der Waals surface area contributed by atoms with Gasteiger partial charge in [0, 0.05) is 25.7 Å². The van der Waals surface area contributed by atoms with Gasteiger partial charge < -0.3 is 10.2 Å². The van der Waals surface area contributed by atoms with Gasteiger partial charge in [0.15, 0.2) is 0 Å². The molecule has 0 amide bonds. The van der Waals surface area contributed by atoms with Gasteiger partial charge in [0.05, 0.1) is 6.42 Å². The Morgan fingerprint density at radius 1 is 1.25 bits per heavy atom. The first-order valence-corrected chi connectivity index (χ1v) is 6.74. The molecular formula is C13H21F3N4. The average molecular weight is 290 g/mol. The van der Waals surface area contributed by atoms with E-state index in [9.17, 15) is 13.2 Å². The summed E-state index contributed by atoms with van der Waals surface area (Å²) in [5.41, 5.74) is 0.852. The fourth-order valence-electron chi connectivity index (χ4n) is 1.85. The summed E-state index contributed by atoms with van der Waals surface area (Å²) in [6.45, 7) is 4.64. The topological polar surface area (TPSA) is 41.1 Å². The van der Waals surface area contributed by atoms with Crippen molar-refractivity contribution in [3.05, 3.63) is 11.9 Å². The van der Waals surface area contributed by atoms with Crippen LogP contribution in [0.4, 0.5) is 24.8 Å². The van der Waals surface area contributed by atoms with E-state index in [0.29, 0.717) is 18.1 Å². The molecule has 20 heavy (non-hydrogen) atoms. The highest BCUT2D eigenvalue weighted by Crippen LogP contribution is 2.25. The molecule has 114 valence electrons. The number of rotatable bonds is 7. The predicted octanol–water partition coefficient (Wildman–Crippen LogP) is 3.25. The van der Waals surface area contributed by atoms with E-state index < -0.39 is 12.6 Å². The van der Waals surface area contributed by atoms with Gasteiger partial charge in [-0.15, -0.1) is 0 Å². The van der Waals surface area contributed by atoms with Crippen molar-refractivity contribution < 1.29 is 13.2 Å². The Kier molecular flexibility index (Phi) is 6.04. The van der Waals surface area contributed by atoms with Crippen LogP contribution in [0.15, 0.2) is 6.33 Å². The maximum Gasteiger partial charge on any atom is 0.390 e. The zero-order valence-electron chi connectivity index (χ0n) is 12.1. The highest BCUT2D eigenvalue weighted by atomic mass is 19.4. The number of nitrogens with zero attached hydrogens (tertiary/aromatic N) is 3. The average Bonchev–Trinajstić information content (AvgIpc) is 2.41. The van der Waals surface area contributed by atoms with Crippen LogP contribution < -0.4 is 10.2 Å². The Morgan fingerprint density at radius 3 is 2.50 bits per heavy atom. The molecule has 0 spiro atoms. The van der Waals surface area contributed by atoms with Crippen molar-refractivity contribution in [3.8, 4) is 0 Å². The largest absolute Gasteiger partial charge is 0.390 e. The molecule has 1 aromatic rings. The Morgan fingerprint density at radius 2 is 1.95 bits per heavy atom. The first kappa shape index (κ1) is 16.5. The second-order valence-electron chi connectivity index (χ2n) is 4.59. The lowest BCUT2D eigenvalue weighted by Crippen LogP contribution is -2.26. The van der Waals surface area contributed by atoms with Crippen LogP contribution >= 0.6 is 0 Å². The molecule has 0 aliphatic carbocycles. The minimum Gasteiger partial charge on any atom is -0.370 e. The quantitative estimate of drug-likeness (QED) is 0.837. The molecule has 0 fully saturated rings. The number of alkyl halides is 3. The monoisotopic (exact) mass is 290 g/mol. The molecule has 0 aliphatic heterocycles. The Balaban J connectivity index is 2.87. The van der Waals surface area contributed by atoms with Crippen molar-refractivity contribution in [2.45, 2.75) is 39.3 Å². The van der Waals surface area contributed by atoms with Crippen LogP contribution in [0, 0.1) is 0 Å². The smallest absolute Gasteiger partial charge is 0.370 e. The second-order valence-corrected chi connectivity index (χ2v) is 4.59. The standard InChI is InChI=1S/C13H21F3N4/c1-4-7-17-11-10(5-2)12(19-9-18-11)20(3)8-6-13(14,15)16/h9H,4-8H2,1-3H3,(H,17,18,19). The number of anilines is 2. The van der Waals surface area contributed by atoms with Crippen LogP contribution in [0.3, 0.4) is 0 Å². The van der Waals surface area contributed by atoms with Gasteiger partial charge in [-0.05, 0) is 12.8 Å². The summed E-state index contributed by atoms with van der Waals surface area (Å²) in [5, 5.41) is 3.18. The molecule has 4 nitrogen and oxygen atoms in total. The van der Waals surface area contributed by atoms with Gasteiger partial charge in [0.1, 0.15) is 18.0 Å². The molecule has 0 saturated carbocycles. The maximum atomic E-state index is 12.3. The van der Waals surface area contributed by atoms with Gasteiger partial charge >= 0.3 is 6.18 Å². The highest BCUT2D eigenvalue weighted by molar-refractivity contribution is 5.58. The molecule has 0 aromatic carbocycles. The number of nitrogens with one attached hydrogen (secondary N) is 1. The summed E-state index contributed by atoms with van der Waals surface area (Å²) in [6, 6.07) is 0. The van der Waals surface area contributed by atoms with Gasteiger partial charge in [-0.3, -0.25) is 0 Å². The minimum absolute atomic E-state index is 0.110. The molecule has 1 heterocycles. The Labute approximate surface area is 117 Å². The predicted molar refractivity (Wildman–Crippen MR) is 74.1 cm³/mol. The summed E-state index contributed by atoms with van der Waals surface area (Å²) in [7, 11) is 1.62. The van der Waals surface area contributed by atoms with Gasteiger partial charge in [0.25, 0.3) is 0 Å². The van der Waals surface area contributed by atoms with Crippen LogP contribution in [0.5, 0.6) is 0 Å². The van der Waals surface area contributed by atoms with E-state index in [2.05, 4.69) is 15.3 Å². The van der Waals surface area contributed by atoms with E-state index in [-0.39, 0.29) is 6.54 Å². The van der Waals surface area contributed by atoms with Crippen LogP contribution in [0.2, 0.25) is 0 Å². The summed E-state index contributed by atoms with van der Waals surface area (Å²) in [4.78, 5) is 9.83. The van der Waals surface area contributed by atoms with Gasteiger partial charge in [0.2, 0.25) is 0 Å². The number of hydrogen-bond donors (Lipinski definition) is 1. The third-order valence-electron chi connectivity index (χ3n) is 2.91. The van der Waals surface area contributed by atoms with Crippen molar-refractivity contribution in [1.82, 2.24) is 9.97 Å². The molecule has 1 aromatic heterocycles. The van der Waals surface area contributed by atoms with Gasteiger partial charge in [-0.2, -0.15) is 13.2 Å². The minimum atomic E-state index is -4.16. The molecule has 0 bridgehead atoms. The third-order valence-corrected chi connectivity index (χ3v) is 2.91. The first-order chi connectivity index (χ1) is 9.39. The lowest BCUT2D eigenvalue weighted by molar-refractivity contribution is -0.132. The SMILES string of the molecule is CCCNc1ncnc(N(C)CCC(F)(F)F)c1CC. The summed E-state index contributed by atoms with van der Waals surface area (Å²) in [5.74, 6) is 1.27. The number of hydrogen-bond acceptors (Lipinski definition) is 4. The fourth-order valence-corrected chi connectivity index (χ4v) is 1.85. The first-order valence-electron chi connectivity index (χ1n) is 6.74. The fraction of sp³-hybridized carbons (Fsp3) is 0.692. The van der Waals surface area contributed by atoms with Crippen LogP contribution in [-0.4, -0.2) is 36.3 Å². The highest BCUT2D eigenvalue weighted by Gasteiger charge is 2.27. The zero-order chi connectivity index (χ0) is 15.2. The Bertz CT molecular complexity index is 421. The number of halogens is 3. The maximum absolute atomic E-state index is 12.3. The zero-order valence-corrected chi connectivity index (χ0v) is 12.1. The Hall–Kier alpha value is -1.53. The molecule has 0 saturated heterocycles. The van der Waals surface area contributed by atoms with E-state index in [1.807, 2.05) is 13.8 Å². The molecule has 7 heteroatoms. The van der Waals surface area contributed by atoms with Crippen molar-refractivity contribution in [2.75, 3.05) is 30.4 Å². The van der Waals surface area contributed by atoms with Gasteiger partial charge in [-0.25, -0.2) is 9.97 Å². The second kappa shape index (κ2) is 7.31. The molecule has 0 radical (unpaired) electrons. The van der Waals surface area contributed by atoms with Crippen molar-refractivity contribution in [2.24, 2.45) is 0 Å². The van der Waals surface area contributed by atoms with Crippen LogP contribution in [0.1, 0.15) is 32.3 Å². The van der Waals surface area contributed by atoms with Crippen molar-refractivity contribution >= 4 is 11.6 Å². The van der Waals surface area contributed by atoms with Crippen LogP contribution in [0.25, 0.3) is 0 Å². The molecule has 0 unspecified atom stereocenters. The normalized spacial score (nSPS) is 11.5. The van der Waals surface area contributed by atoms with E-state index >= 15 is 0 Å². The van der Waals surface area contributed by atoms with Gasteiger partial charge in [-0.1, -0.05) is 13.8 Å². The molecule has 0 atom stereocenters.